The Morgan fingerprint density at radius 1 is 1.00 bits per heavy atom. The van der Waals surface area contributed by atoms with Gasteiger partial charge in [-0.25, -0.2) is 18.7 Å². The van der Waals surface area contributed by atoms with Gasteiger partial charge in [0.15, 0.2) is 5.82 Å². The molecule has 0 unspecified atom stereocenters. The monoisotopic (exact) mass is 694 g/mol. The SMILES string of the molecule is FC(F)c1ccc(COc2nc3c(cc2C(F)(F)F)CCN(Cc2nc4cc(-c5nnc(C(F)(F)F)[nH]5)ncc4n2C[C@@H]2CCO2)C3)cc1. The summed E-state index contributed by atoms with van der Waals surface area (Å²) in [6.07, 6.45) is -9.61. The molecule has 1 atom stereocenters. The van der Waals surface area contributed by atoms with Crippen LogP contribution in [0.2, 0.25) is 0 Å². The third-order valence-electron chi connectivity index (χ3n) is 8.40. The number of alkyl halides is 8. The molecular formula is C31H26F8N8O2. The lowest BCUT2D eigenvalue weighted by atomic mass is 10.0. The van der Waals surface area contributed by atoms with Crippen molar-refractivity contribution in [1.29, 1.82) is 0 Å². The second-order valence-electron chi connectivity index (χ2n) is 11.7. The zero-order chi connectivity index (χ0) is 34.5. The summed E-state index contributed by atoms with van der Waals surface area (Å²) in [5, 5.41) is 6.74. The molecule has 49 heavy (non-hydrogen) atoms. The fourth-order valence-corrected chi connectivity index (χ4v) is 5.72. The number of rotatable bonds is 9. The number of nitrogens with zero attached hydrogens (tertiary/aromatic N) is 7. The minimum atomic E-state index is -4.74. The second kappa shape index (κ2) is 12.6. The van der Waals surface area contributed by atoms with Gasteiger partial charge in [-0.3, -0.25) is 9.88 Å². The quantitative estimate of drug-likeness (QED) is 0.174. The average Bonchev–Trinajstić information content (AvgIpc) is 3.66. The highest BCUT2D eigenvalue weighted by Gasteiger charge is 2.38. The highest BCUT2D eigenvalue weighted by atomic mass is 19.4. The maximum atomic E-state index is 14.0. The van der Waals surface area contributed by atoms with Gasteiger partial charge in [-0.1, -0.05) is 24.3 Å². The molecule has 0 bridgehead atoms. The highest BCUT2D eigenvalue weighted by molar-refractivity contribution is 5.78. The number of fused-ring (bicyclic) bond motifs is 2. The van der Waals surface area contributed by atoms with Crippen molar-refractivity contribution in [2.75, 3.05) is 13.2 Å². The molecule has 0 aliphatic carbocycles. The van der Waals surface area contributed by atoms with Crippen LogP contribution in [0, 0.1) is 0 Å². The fourth-order valence-electron chi connectivity index (χ4n) is 5.72. The Bertz CT molecular complexity index is 1970. The van der Waals surface area contributed by atoms with Crippen molar-refractivity contribution in [3.8, 4) is 17.4 Å². The number of nitrogens with one attached hydrogen (secondary N) is 1. The summed E-state index contributed by atoms with van der Waals surface area (Å²) in [4.78, 5) is 17.4. The number of benzene rings is 1. The Balaban J connectivity index is 1.14. The third kappa shape index (κ3) is 6.92. The van der Waals surface area contributed by atoms with E-state index in [4.69, 9.17) is 14.5 Å². The van der Waals surface area contributed by atoms with Crippen molar-refractivity contribution >= 4 is 11.0 Å². The minimum Gasteiger partial charge on any atom is -0.472 e. The van der Waals surface area contributed by atoms with E-state index in [-0.39, 0.29) is 49.3 Å². The van der Waals surface area contributed by atoms with Gasteiger partial charge < -0.3 is 19.0 Å². The van der Waals surface area contributed by atoms with Crippen LogP contribution in [0.3, 0.4) is 0 Å². The van der Waals surface area contributed by atoms with Crippen LogP contribution in [-0.2, 0) is 49.8 Å². The Morgan fingerprint density at radius 3 is 2.43 bits per heavy atom. The topological polar surface area (TPSA) is 107 Å². The number of aromatic nitrogens is 7. The van der Waals surface area contributed by atoms with E-state index in [1.807, 2.05) is 9.47 Å². The lowest BCUT2D eigenvalue weighted by molar-refractivity contribution is -0.144. The standard InChI is InChI=1S/C31H26F8N8O2/c32-26(33)17-3-1-16(2-4-17)15-49-28-20(30(34,35)36)9-18-5-7-46(13-23(18)42-28)14-25-41-21-10-22(27-43-29(45-44-27)31(37,38)39)40-11-24(21)47(25)12-19-6-8-48-19/h1-4,9-11,19,26H,5-8,12-15H2,(H,43,44,45)/t19-/m0/s1. The van der Waals surface area contributed by atoms with Gasteiger partial charge in [0.05, 0.1) is 42.1 Å². The lowest BCUT2D eigenvalue weighted by Gasteiger charge is -2.30. The molecule has 0 amide bonds. The Morgan fingerprint density at radius 2 is 1.78 bits per heavy atom. The first-order chi connectivity index (χ1) is 23.3. The highest BCUT2D eigenvalue weighted by Crippen LogP contribution is 2.38. The molecule has 0 spiro atoms. The molecular weight excluding hydrogens is 668 g/mol. The second-order valence-corrected chi connectivity index (χ2v) is 11.7. The summed E-state index contributed by atoms with van der Waals surface area (Å²) in [5.41, 5.74) is 1.15. The molecule has 2 aliphatic rings. The lowest BCUT2D eigenvalue weighted by Crippen LogP contribution is -2.34. The number of hydrogen-bond acceptors (Lipinski definition) is 8. The zero-order valence-corrected chi connectivity index (χ0v) is 25.3. The molecule has 0 radical (unpaired) electrons. The van der Waals surface area contributed by atoms with E-state index in [1.54, 1.807) is 0 Å². The van der Waals surface area contributed by atoms with Gasteiger partial charge in [-0.05, 0) is 36.1 Å². The van der Waals surface area contributed by atoms with Gasteiger partial charge in [-0.2, -0.15) is 26.3 Å². The normalized spacial score (nSPS) is 17.0. The summed E-state index contributed by atoms with van der Waals surface area (Å²) in [7, 11) is 0. The number of ether oxygens (including phenoxy) is 2. The van der Waals surface area contributed by atoms with Crippen LogP contribution in [-0.4, -0.2) is 58.9 Å². The van der Waals surface area contributed by atoms with E-state index in [9.17, 15) is 35.1 Å². The number of halogens is 8. The van der Waals surface area contributed by atoms with E-state index in [2.05, 4.69) is 25.1 Å². The van der Waals surface area contributed by atoms with Gasteiger partial charge in [0, 0.05) is 25.3 Å². The molecule has 2 aliphatic heterocycles. The zero-order valence-electron chi connectivity index (χ0n) is 25.3. The Hall–Kier alpha value is -4.71. The van der Waals surface area contributed by atoms with Crippen molar-refractivity contribution in [3.63, 3.8) is 0 Å². The van der Waals surface area contributed by atoms with Crippen LogP contribution in [0.4, 0.5) is 35.1 Å². The number of H-pyrrole nitrogens is 1. The van der Waals surface area contributed by atoms with Gasteiger partial charge in [-0.15, -0.1) is 10.2 Å². The molecule has 18 heteroatoms. The summed E-state index contributed by atoms with van der Waals surface area (Å²) in [5.74, 6) is -1.44. The summed E-state index contributed by atoms with van der Waals surface area (Å²) >= 11 is 0. The van der Waals surface area contributed by atoms with Crippen LogP contribution < -0.4 is 4.74 Å². The first-order valence-electron chi connectivity index (χ1n) is 15.1. The summed E-state index contributed by atoms with van der Waals surface area (Å²) in [6, 6.07) is 7.64. The molecule has 1 aromatic carbocycles. The first kappa shape index (κ1) is 32.8. The van der Waals surface area contributed by atoms with Crippen molar-refractivity contribution in [2.45, 2.75) is 64.0 Å². The van der Waals surface area contributed by atoms with Crippen LogP contribution in [0.5, 0.6) is 5.88 Å². The number of hydrogen-bond donors (Lipinski definition) is 1. The minimum absolute atomic E-state index is 0.0738. The number of imidazole rings is 1. The summed E-state index contributed by atoms with van der Waals surface area (Å²) in [6.45, 7) is 1.59. The average molecular weight is 695 g/mol. The molecule has 6 heterocycles. The van der Waals surface area contributed by atoms with Gasteiger partial charge in [0.25, 0.3) is 6.43 Å². The molecule has 1 N–H and O–H groups in total. The molecule has 10 nitrogen and oxygen atoms in total. The largest absolute Gasteiger partial charge is 0.472 e. The first-order valence-corrected chi connectivity index (χ1v) is 15.1. The summed E-state index contributed by atoms with van der Waals surface area (Å²) < 4.78 is 120. The molecule has 1 saturated heterocycles. The predicted molar refractivity (Wildman–Crippen MR) is 155 cm³/mol. The van der Waals surface area contributed by atoms with E-state index in [0.29, 0.717) is 53.4 Å². The maximum Gasteiger partial charge on any atom is 0.451 e. The molecule has 1 fully saturated rings. The van der Waals surface area contributed by atoms with Crippen LogP contribution >= 0.6 is 0 Å². The molecule has 5 aromatic rings. The van der Waals surface area contributed by atoms with Gasteiger partial charge in [0.2, 0.25) is 11.7 Å². The van der Waals surface area contributed by atoms with E-state index in [0.717, 1.165) is 12.5 Å². The van der Waals surface area contributed by atoms with Crippen molar-refractivity contribution in [2.24, 2.45) is 0 Å². The van der Waals surface area contributed by atoms with E-state index < -0.39 is 36.0 Å². The molecule has 4 aromatic heterocycles. The van der Waals surface area contributed by atoms with E-state index >= 15 is 0 Å². The molecule has 258 valence electrons. The third-order valence-corrected chi connectivity index (χ3v) is 8.40. The van der Waals surface area contributed by atoms with Gasteiger partial charge in [0.1, 0.15) is 23.7 Å². The predicted octanol–water partition coefficient (Wildman–Crippen LogP) is 6.51. The smallest absolute Gasteiger partial charge is 0.451 e. The Labute approximate surface area is 272 Å². The fraction of sp³-hybridized carbons (Fsp3) is 0.387. The van der Waals surface area contributed by atoms with Gasteiger partial charge >= 0.3 is 12.4 Å². The van der Waals surface area contributed by atoms with Crippen LogP contribution in [0.15, 0.2) is 42.6 Å². The maximum absolute atomic E-state index is 14.0. The Kier molecular flexibility index (Phi) is 8.46. The van der Waals surface area contributed by atoms with Crippen molar-refractivity contribution in [1.82, 2.24) is 39.6 Å². The number of pyridine rings is 2. The van der Waals surface area contributed by atoms with Crippen molar-refractivity contribution in [3.05, 3.63) is 82.2 Å². The van der Waals surface area contributed by atoms with Crippen LogP contribution in [0.25, 0.3) is 22.6 Å². The molecule has 0 saturated carbocycles. The number of aromatic amines is 1. The molecule has 7 rings (SSSR count). The van der Waals surface area contributed by atoms with E-state index in [1.165, 1.54) is 36.5 Å². The van der Waals surface area contributed by atoms with Crippen molar-refractivity contribution < 1.29 is 44.6 Å². The van der Waals surface area contributed by atoms with Crippen LogP contribution in [0.1, 0.15) is 52.4 Å².